The first-order valence-electron chi connectivity index (χ1n) is 6.58. The minimum absolute atomic E-state index is 0.156. The number of rotatable bonds is 5. The van der Waals surface area contributed by atoms with Crippen molar-refractivity contribution in [1.29, 1.82) is 0 Å². The second kappa shape index (κ2) is 6.51. The predicted molar refractivity (Wildman–Crippen MR) is 75.3 cm³/mol. The van der Waals surface area contributed by atoms with Crippen LogP contribution >= 0.6 is 0 Å². The van der Waals surface area contributed by atoms with E-state index in [1.54, 1.807) is 13.8 Å². The molecule has 1 aromatic carbocycles. The van der Waals surface area contributed by atoms with Gasteiger partial charge in [0.25, 0.3) is 5.91 Å². The van der Waals surface area contributed by atoms with E-state index in [0.717, 1.165) is 6.07 Å². The van der Waals surface area contributed by atoms with E-state index in [1.807, 2.05) is 0 Å². The van der Waals surface area contributed by atoms with E-state index in [4.69, 9.17) is 10.9 Å². The molecular formula is C14H19F2N3O2. The third-order valence-corrected chi connectivity index (χ3v) is 3.67. The summed E-state index contributed by atoms with van der Waals surface area (Å²) in [5, 5.41) is 14.2. The van der Waals surface area contributed by atoms with Gasteiger partial charge >= 0.3 is 0 Å². The van der Waals surface area contributed by atoms with Gasteiger partial charge in [-0.25, -0.2) is 8.78 Å². The first kappa shape index (κ1) is 16.9. The van der Waals surface area contributed by atoms with Crippen LogP contribution in [0.15, 0.2) is 17.3 Å². The van der Waals surface area contributed by atoms with Crippen LogP contribution in [0.4, 0.5) is 8.78 Å². The van der Waals surface area contributed by atoms with Gasteiger partial charge in [0, 0.05) is 0 Å². The molecule has 21 heavy (non-hydrogen) atoms. The Morgan fingerprint density at radius 2 is 1.95 bits per heavy atom. The summed E-state index contributed by atoms with van der Waals surface area (Å²) in [7, 11) is 0. The number of nitrogens with zero attached hydrogens (tertiary/aromatic N) is 1. The van der Waals surface area contributed by atoms with Gasteiger partial charge < -0.3 is 16.3 Å². The van der Waals surface area contributed by atoms with E-state index in [9.17, 15) is 13.6 Å². The molecule has 5 nitrogen and oxygen atoms in total. The molecule has 0 atom stereocenters. The number of hydrogen-bond acceptors (Lipinski definition) is 3. The highest BCUT2D eigenvalue weighted by Crippen LogP contribution is 2.20. The molecule has 116 valence electrons. The van der Waals surface area contributed by atoms with Crippen molar-refractivity contribution in [1.82, 2.24) is 5.32 Å². The average molecular weight is 299 g/mol. The fourth-order valence-corrected chi connectivity index (χ4v) is 2.09. The van der Waals surface area contributed by atoms with Gasteiger partial charge in [-0.1, -0.05) is 25.1 Å². The van der Waals surface area contributed by atoms with Crippen LogP contribution in [0.2, 0.25) is 0 Å². The number of amides is 1. The number of carbonyl (C=O) groups excluding carboxylic acids is 1. The zero-order valence-corrected chi connectivity index (χ0v) is 12.2. The highest BCUT2D eigenvalue weighted by atomic mass is 19.1. The van der Waals surface area contributed by atoms with Crippen LogP contribution in [-0.4, -0.2) is 22.5 Å². The summed E-state index contributed by atoms with van der Waals surface area (Å²) in [6, 6.07) is 2.27. The van der Waals surface area contributed by atoms with Gasteiger partial charge in [-0.05, 0) is 31.4 Å². The normalized spacial score (nSPS) is 12.3. The van der Waals surface area contributed by atoms with Crippen molar-refractivity contribution in [3.63, 3.8) is 0 Å². The molecule has 0 spiro atoms. The Hall–Kier alpha value is -2.18. The maximum absolute atomic E-state index is 14.0. The Morgan fingerprint density at radius 1 is 1.38 bits per heavy atom. The molecule has 7 heteroatoms. The molecule has 0 saturated heterocycles. The molecule has 1 rings (SSSR count). The summed E-state index contributed by atoms with van der Waals surface area (Å²) in [5.41, 5.74) is 3.93. The second-order valence-corrected chi connectivity index (χ2v) is 4.78. The lowest BCUT2D eigenvalue weighted by molar-refractivity contribution is 0.0909. The van der Waals surface area contributed by atoms with E-state index < -0.39 is 28.6 Å². The Balaban J connectivity index is 3.24. The summed E-state index contributed by atoms with van der Waals surface area (Å²) in [5.74, 6) is -3.04. The third kappa shape index (κ3) is 3.12. The summed E-state index contributed by atoms with van der Waals surface area (Å²) < 4.78 is 27.7. The summed E-state index contributed by atoms with van der Waals surface area (Å²) in [6.45, 7) is 4.86. The molecular weight excluding hydrogens is 280 g/mol. The quantitative estimate of drug-likeness (QED) is 0.337. The van der Waals surface area contributed by atoms with Gasteiger partial charge in [-0.15, -0.1) is 0 Å². The Labute approximate surface area is 121 Å². The average Bonchev–Trinajstić information content (AvgIpc) is 2.48. The van der Waals surface area contributed by atoms with E-state index in [1.165, 1.54) is 13.0 Å². The van der Waals surface area contributed by atoms with Crippen LogP contribution in [-0.2, 0) is 0 Å². The fourth-order valence-electron chi connectivity index (χ4n) is 2.09. The third-order valence-electron chi connectivity index (χ3n) is 3.67. The summed E-state index contributed by atoms with van der Waals surface area (Å²) in [4.78, 5) is 12.2. The van der Waals surface area contributed by atoms with Gasteiger partial charge in [0.2, 0.25) is 0 Å². The lowest BCUT2D eigenvalue weighted by atomic mass is 9.90. The van der Waals surface area contributed by atoms with Gasteiger partial charge in [0.05, 0.1) is 0 Å². The van der Waals surface area contributed by atoms with Crippen LogP contribution in [0, 0.1) is 18.6 Å². The minimum Gasteiger partial charge on any atom is -0.409 e. The van der Waals surface area contributed by atoms with Gasteiger partial charge in [0.15, 0.2) is 5.84 Å². The topological polar surface area (TPSA) is 87.7 Å². The maximum atomic E-state index is 14.0. The zero-order chi connectivity index (χ0) is 16.2. The SMILES string of the molecule is CCC(CC)(NC(=O)c1c(F)ccc(C)c1F)/C(N)=N/O. The van der Waals surface area contributed by atoms with Gasteiger partial charge in [0.1, 0.15) is 22.7 Å². The number of nitrogens with one attached hydrogen (secondary N) is 1. The lowest BCUT2D eigenvalue weighted by Crippen LogP contribution is -2.57. The number of carbonyl (C=O) groups is 1. The fraction of sp³-hybridized carbons (Fsp3) is 0.429. The van der Waals surface area contributed by atoms with Crippen molar-refractivity contribution in [2.24, 2.45) is 10.9 Å². The largest absolute Gasteiger partial charge is 0.409 e. The number of aryl methyl sites for hydroxylation is 1. The van der Waals surface area contributed by atoms with Crippen LogP contribution in [0.5, 0.6) is 0 Å². The van der Waals surface area contributed by atoms with E-state index in [2.05, 4.69) is 10.5 Å². The van der Waals surface area contributed by atoms with Crippen molar-refractivity contribution < 1.29 is 18.8 Å². The summed E-state index contributed by atoms with van der Waals surface area (Å²) >= 11 is 0. The van der Waals surface area contributed by atoms with Crippen LogP contribution in [0.25, 0.3) is 0 Å². The molecule has 0 aliphatic heterocycles. The Kier molecular flexibility index (Phi) is 5.23. The summed E-state index contributed by atoms with van der Waals surface area (Å²) in [6.07, 6.45) is 0.611. The first-order chi connectivity index (χ1) is 9.82. The van der Waals surface area contributed by atoms with Gasteiger partial charge in [-0.3, -0.25) is 4.79 Å². The molecule has 0 aliphatic carbocycles. The highest BCUT2D eigenvalue weighted by Gasteiger charge is 2.35. The minimum atomic E-state index is -1.16. The van der Waals surface area contributed by atoms with Crippen LogP contribution < -0.4 is 11.1 Å². The molecule has 0 aromatic heterocycles. The predicted octanol–water partition coefficient (Wildman–Crippen LogP) is 2.31. The molecule has 0 bridgehead atoms. The number of amidine groups is 1. The molecule has 0 heterocycles. The molecule has 0 unspecified atom stereocenters. The van der Waals surface area contributed by atoms with Crippen molar-refractivity contribution in [3.05, 3.63) is 34.9 Å². The van der Waals surface area contributed by atoms with Crippen molar-refractivity contribution in [2.45, 2.75) is 39.2 Å². The van der Waals surface area contributed by atoms with Crippen molar-refractivity contribution in [2.75, 3.05) is 0 Å². The van der Waals surface area contributed by atoms with Crippen molar-refractivity contribution >= 4 is 11.7 Å². The van der Waals surface area contributed by atoms with Gasteiger partial charge in [-0.2, -0.15) is 0 Å². The maximum Gasteiger partial charge on any atom is 0.258 e. The number of nitrogens with two attached hydrogens (primary N) is 1. The van der Waals surface area contributed by atoms with E-state index in [-0.39, 0.29) is 11.4 Å². The standard InChI is InChI=1S/C14H19F2N3O2/c1-4-14(5-2,13(17)19-21)18-12(20)10-9(15)7-6-8(3)11(10)16/h6-7,21H,4-5H2,1-3H3,(H2,17,19)(H,18,20). The number of halogens is 2. The number of hydrogen-bond donors (Lipinski definition) is 3. The molecule has 0 saturated carbocycles. The van der Waals surface area contributed by atoms with Crippen LogP contribution in [0.1, 0.15) is 42.6 Å². The second-order valence-electron chi connectivity index (χ2n) is 4.78. The van der Waals surface area contributed by atoms with Crippen molar-refractivity contribution in [3.8, 4) is 0 Å². The van der Waals surface area contributed by atoms with E-state index in [0.29, 0.717) is 12.8 Å². The molecule has 0 fully saturated rings. The van der Waals surface area contributed by atoms with Crippen LogP contribution in [0.3, 0.4) is 0 Å². The molecule has 1 aromatic rings. The Bertz CT molecular complexity index is 570. The molecule has 0 aliphatic rings. The smallest absolute Gasteiger partial charge is 0.258 e. The first-order valence-corrected chi connectivity index (χ1v) is 6.58. The molecule has 1 amide bonds. The number of oxime groups is 1. The molecule has 0 radical (unpaired) electrons. The highest BCUT2D eigenvalue weighted by molar-refractivity contribution is 6.00. The zero-order valence-electron chi connectivity index (χ0n) is 12.2. The Morgan fingerprint density at radius 3 is 2.43 bits per heavy atom. The molecule has 4 N–H and O–H groups in total. The monoisotopic (exact) mass is 299 g/mol. The van der Waals surface area contributed by atoms with E-state index >= 15 is 0 Å². The number of benzene rings is 1. The lowest BCUT2D eigenvalue weighted by Gasteiger charge is -2.31.